The van der Waals surface area contributed by atoms with E-state index in [2.05, 4.69) is 17.1 Å². The van der Waals surface area contributed by atoms with Crippen LogP contribution in [0.3, 0.4) is 0 Å². The lowest BCUT2D eigenvalue weighted by molar-refractivity contribution is -0.117. The van der Waals surface area contributed by atoms with Gasteiger partial charge < -0.3 is 15.0 Å². The van der Waals surface area contributed by atoms with E-state index in [1.807, 2.05) is 18.2 Å². The van der Waals surface area contributed by atoms with Gasteiger partial charge in [0.05, 0.1) is 29.6 Å². The summed E-state index contributed by atoms with van der Waals surface area (Å²) < 4.78 is 5.37. The molecule has 1 saturated heterocycles. The van der Waals surface area contributed by atoms with Crippen LogP contribution >= 0.6 is 11.6 Å². The molecule has 1 saturated carbocycles. The molecule has 4 nitrogen and oxygen atoms in total. The summed E-state index contributed by atoms with van der Waals surface area (Å²) in [4.78, 5) is 14.3. The number of carbonyl (C=O) groups excluding carboxylic acids is 1. The molecule has 2 aliphatic rings. The summed E-state index contributed by atoms with van der Waals surface area (Å²) in [5.41, 5.74) is 1.72. The van der Waals surface area contributed by atoms with Gasteiger partial charge in [0, 0.05) is 19.0 Å². The first-order chi connectivity index (χ1) is 9.66. The van der Waals surface area contributed by atoms with Gasteiger partial charge in [-0.1, -0.05) is 24.6 Å². The molecule has 2 fully saturated rings. The van der Waals surface area contributed by atoms with Crippen molar-refractivity contribution in [2.45, 2.75) is 13.3 Å². The van der Waals surface area contributed by atoms with Crippen molar-refractivity contribution >= 4 is 28.9 Å². The second kappa shape index (κ2) is 5.62. The van der Waals surface area contributed by atoms with Gasteiger partial charge in [-0.3, -0.25) is 4.79 Å². The largest absolute Gasteiger partial charge is 0.378 e. The first kappa shape index (κ1) is 13.7. The van der Waals surface area contributed by atoms with E-state index in [-0.39, 0.29) is 11.8 Å². The third kappa shape index (κ3) is 2.76. The number of morpholine rings is 1. The Bertz CT molecular complexity index is 515. The Morgan fingerprint density at radius 2 is 2.10 bits per heavy atom. The Hall–Kier alpha value is -1.26. The molecular formula is C15H19ClN2O2. The highest BCUT2D eigenvalue weighted by molar-refractivity contribution is 6.34. The number of ether oxygens (including phenoxy) is 1. The fraction of sp³-hybridized carbons (Fsp3) is 0.533. The average molecular weight is 295 g/mol. The van der Waals surface area contributed by atoms with Crippen LogP contribution in [0.2, 0.25) is 5.02 Å². The summed E-state index contributed by atoms with van der Waals surface area (Å²) in [5.74, 6) is 0.766. The average Bonchev–Trinajstić information content (AvgIpc) is 3.17. The zero-order valence-corrected chi connectivity index (χ0v) is 12.3. The van der Waals surface area contributed by atoms with Crippen LogP contribution in [0.4, 0.5) is 11.4 Å². The summed E-state index contributed by atoms with van der Waals surface area (Å²) in [6, 6.07) is 5.65. The lowest BCUT2D eigenvalue weighted by Gasteiger charge is -2.31. The number of para-hydroxylation sites is 1. The molecule has 1 aliphatic carbocycles. The number of rotatable bonds is 3. The van der Waals surface area contributed by atoms with Crippen LogP contribution in [0.1, 0.15) is 13.3 Å². The molecule has 108 valence electrons. The predicted molar refractivity (Wildman–Crippen MR) is 80.4 cm³/mol. The topological polar surface area (TPSA) is 41.6 Å². The molecule has 0 radical (unpaired) electrons. The summed E-state index contributed by atoms with van der Waals surface area (Å²) >= 11 is 6.34. The molecule has 1 aromatic rings. The standard InChI is InChI=1S/C15H19ClN2O2/c1-10-9-11(10)15(19)17-13-4-2-3-12(16)14(13)18-5-7-20-8-6-18/h2-4,10-11H,5-9H2,1H3,(H,17,19)/t10-,11-/m0/s1. The molecule has 0 spiro atoms. The molecule has 1 amide bonds. The van der Waals surface area contributed by atoms with E-state index in [9.17, 15) is 4.79 Å². The van der Waals surface area contributed by atoms with Gasteiger partial charge in [0.25, 0.3) is 0 Å². The Labute approximate surface area is 124 Å². The van der Waals surface area contributed by atoms with Gasteiger partial charge in [0.1, 0.15) is 0 Å². The van der Waals surface area contributed by atoms with E-state index in [1.54, 1.807) is 0 Å². The number of anilines is 2. The van der Waals surface area contributed by atoms with Crippen molar-refractivity contribution in [2.75, 3.05) is 36.5 Å². The third-order valence-electron chi connectivity index (χ3n) is 4.02. The molecule has 1 aromatic carbocycles. The molecule has 2 atom stereocenters. The lowest BCUT2D eigenvalue weighted by atomic mass is 10.2. The number of amides is 1. The van der Waals surface area contributed by atoms with Crippen molar-refractivity contribution in [1.82, 2.24) is 0 Å². The fourth-order valence-electron chi connectivity index (χ4n) is 2.64. The molecule has 0 unspecified atom stereocenters. The van der Waals surface area contributed by atoms with E-state index in [0.717, 1.165) is 30.9 Å². The minimum absolute atomic E-state index is 0.106. The highest BCUT2D eigenvalue weighted by atomic mass is 35.5. The van der Waals surface area contributed by atoms with Gasteiger partial charge in [0.15, 0.2) is 0 Å². The van der Waals surface area contributed by atoms with Crippen LogP contribution < -0.4 is 10.2 Å². The molecule has 5 heteroatoms. The zero-order chi connectivity index (χ0) is 14.1. The van der Waals surface area contributed by atoms with Gasteiger partial charge in [-0.15, -0.1) is 0 Å². The highest BCUT2D eigenvalue weighted by Crippen LogP contribution is 2.40. The van der Waals surface area contributed by atoms with Gasteiger partial charge in [-0.2, -0.15) is 0 Å². The summed E-state index contributed by atoms with van der Waals surface area (Å²) in [6.45, 7) is 5.08. The van der Waals surface area contributed by atoms with Crippen LogP contribution in [0, 0.1) is 11.8 Å². The number of nitrogens with one attached hydrogen (secondary N) is 1. The predicted octanol–water partition coefficient (Wildman–Crippen LogP) is 2.77. The summed E-state index contributed by atoms with van der Waals surface area (Å²) in [6.07, 6.45) is 0.985. The number of carbonyl (C=O) groups is 1. The molecular weight excluding hydrogens is 276 g/mol. The van der Waals surface area contributed by atoms with E-state index in [4.69, 9.17) is 16.3 Å². The first-order valence-corrected chi connectivity index (χ1v) is 7.46. The number of benzene rings is 1. The Morgan fingerprint density at radius 3 is 2.75 bits per heavy atom. The van der Waals surface area contributed by atoms with Crippen LogP contribution in [-0.2, 0) is 9.53 Å². The van der Waals surface area contributed by atoms with Crippen LogP contribution in [0.5, 0.6) is 0 Å². The Balaban J connectivity index is 1.82. The van der Waals surface area contributed by atoms with E-state index in [0.29, 0.717) is 24.2 Å². The number of hydrogen-bond acceptors (Lipinski definition) is 3. The molecule has 3 rings (SSSR count). The molecule has 1 heterocycles. The van der Waals surface area contributed by atoms with Crippen molar-refractivity contribution in [3.63, 3.8) is 0 Å². The maximum Gasteiger partial charge on any atom is 0.227 e. The quantitative estimate of drug-likeness (QED) is 0.932. The van der Waals surface area contributed by atoms with Gasteiger partial charge >= 0.3 is 0 Å². The van der Waals surface area contributed by atoms with Crippen molar-refractivity contribution in [3.05, 3.63) is 23.2 Å². The fourth-order valence-corrected chi connectivity index (χ4v) is 2.93. The molecule has 20 heavy (non-hydrogen) atoms. The zero-order valence-electron chi connectivity index (χ0n) is 11.6. The van der Waals surface area contributed by atoms with Crippen molar-refractivity contribution in [3.8, 4) is 0 Å². The molecule has 1 N–H and O–H groups in total. The van der Waals surface area contributed by atoms with Crippen LogP contribution in [-0.4, -0.2) is 32.2 Å². The first-order valence-electron chi connectivity index (χ1n) is 7.09. The van der Waals surface area contributed by atoms with E-state index in [1.165, 1.54) is 0 Å². The molecule has 1 aliphatic heterocycles. The highest BCUT2D eigenvalue weighted by Gasteiger charge is 2.39. The monoisotopic (exact) mass is 294 g/mol. The summed E-state index contributed by atoms with van der Waals surface area (Å²) in [7, 11) is 0. The van der Waals surface area contributed by atoms with Gasteiger partial charge in [-0.05, 0) is 24.5 Å². The third-order valence-corrected chi connectivity index (χ3v) is 4.32. The number of halogens is 1. The minimum atomic E-state index is 0.106. The van der Waals surface area contributed by atoms with Crippen molar-refractivity contribution < 1.29 is 9.53 Å². The second-order valence-electron chi connectivity index (χ2n) is 5.54. The summed E-state index contributed by atoms with van der Waals surface area (Å²) in [5, 5.41) is 3.71. The Morgan fingerprint density at radius 1 is 1.40 bits per heavy atom. The van der Waals surface area contributed by atoms with E-state index < -0.39 is 0 Å². The van der Waals surface area contributed by atoms with Crippen LogP contribution in [0.15, 0.2) is 18.2 Å². The van der Waals surface area contributed by atoms with Gasteiger partial charge in [0.2, 0.25) is 5.91 Å². The smallest absolute Gasteiger partial charge is 0.227 e. The molecule has 0 aromatic heterocycles. The van der Waals surface area contributed by atoms with Crippen molar-refractivity contribution in [2.24, 2.45) is 11.8 Å². The SMILES string of the molecule is C[C@H]1C[C@@H]1C(=O)Nc1cccc(Cl)c1N1CCOCC1. The normalized spacial score (nSPS) is 25.4. The van der Waals surface area contributed by atoms with Crippen molar-refractivity contribution in [1.29, 1.82) is 0 Å². The number of hydrogen-bond donors (Lipinski definition) is 1. The number of nitrogens with zero attached hydrogens (tertiary/aromatic N) is 1. The Kier molecular flexibility index (Phi) is 3.85. The minimum Gasteiger partial charge on any atom is -0.378 e. The van der Waals surface area contributed by atoms with E-state index >= 15 is 0 Å². The maximum absolute atomic E-state index is 12.1. The van der Waals surface area contributed by atoms with Gasteiger partial charge in [-0.25, -0.2) is 0 Å². The maximum atomic E-state index is 12.1. The second-order valence-corrected chi connectivity index (χ2v) is 5.95. The molecule has 0 bridgehead atoms. The van der Waals surface area contributed by atoms with Crippen LogP contribution in [0.25, 0.3) is 0 Å². The lowest BCUT2D eigenvalue weighted by Crippen LogP contribution is -2.37.